The molecule has 0 saturated heterocycles. The molecule has 0 unspecified atom stereocenters. The summed E-state index contributed by atoms with van der Waals surface area (Å²) in [6, 6.07) is 14.7. The van der Waals surface area contributed by atoms with Gasteiger partial charge in [-0.15, -0.1) is 0 Å². The van der Waals surface area contributed by atoms with Crippen LogP contribution in [0.15, 0.2) is 68.6 Å². The number of carbonyl (C=O) groups is 1. The largest absolute Gasteiger partial charge is 0.496 e. The minimum Gasteiger partial charge on any atom is -0.496 e. The Labute approximate surface area is 211 Å². The number of halogens is 3. The third-order valence-electron chi connectivity index (χ3n) is 4.37. The lowest BCUT2D eigenvalue weighted by Crippen LogP contribution is -2.18. The average Bonchev–Trinajstić information content (AvgIpc) is 2.79. The Kier molecular flexibility index (Phi) is 8.43. The zero-order valence-corrected chi connectivity index (χ0v) is 21.0. The molecule has 0 radical (unpaired) electrons. The van der Waals surface area contributed by atoms with E-state index in [0.717, 1.165) is 11.6 Å². The molecule has 0 bridgehead atoms. The summed E-state index contributed by atoms with van der Waals surface area (Å²) >= 11 is 13.1. The maximum absolute atomic E-state index is 12.4. The number of nitrogens with one attached hydrogen (secondary N) is 1. The van der Waals surface area contributed by atoms with Crippen LogP contribution in [0.2, 0.25) is 5.02 Å². The van der Waals surface area contributed by atoms with Crippen LogP contribution in [0, 0.1) is 10.1 Å². The minimum absolute atomic E-state index is 0.00506. The molecular weight excluding hydrogens is 582 g/mol. The fourth-order valence-corrected chi connectivity index (χ4v) is 4.41. The van der Waals surface area contributed by atoms with Crippen LogP contribution in [0.5, 0.6) is 11.5 Å². The first-order valence-corrected chi connectivity index (χ1v) is 11.3. The van der Waals surface area contributed by atoms with E-state index in [9.17, 15) is 14.9 Å². The van der Waals surface area contributed by atoms with E-state index in [2.05, 4.69) is 42.4 Å². The summed E-state index contributed by atoms with van der Waals surface area (Å²) < 4.78 is 12.3. The molecular formula is C22H16Br2ClN3O5. The second-order valence-corrected chi connectivity index (χ2v) is 8.65. The highest BCUT2D eigenvalue weighted by Crippen LogP contribution is 2.35. The van der Waals surface area contributed by atoms with Crippen LogP contribution in [0.25, 0.3) is 0 Å². The van der Waals surface area contributed by atoms with E-state index in [1.807, 2.05) is 18.2 Å². The van der Waals surface area contributed by atoms with Gasteiger partial charge in [-0.05, 0) is 61.7 Å². The first-order valence-electron chi connectivity index (χ1n) is 9.31. The summed E-state index contributed by atoms with van der Waals surface area (Å²) in [5, 5.41) is 15.5. The minimum atomic E-state index is -0.648. The van der Waals surface area contributed by atoms with Crippen molar-refractivity contribution in [2.45, 2.75) is 6.61 Å². The van der Waals surface area contributed by atoms with E-state index in [4.69, 9.17) is 21.1 Å². The topological polar surface area (TPSA) is 103 Å². The monoisotopic (exact) mass is 595 g/mol. The fourth-order valence-electron chi connectivity index (χ4n) is 2.77. The number of carbonyl (C=O) groups excluding carboxylic acids is 1. The van der Waals surface area contributed by atoms with Crippen LogP contribution in [0.1, 0.15) is 21.5 Å². The molecule has 0 aliphatic rings. The predicted molar refractivity (Wildman–Crippen MR) is 132 cm³/mol. The summed E-state index contributed by atoms with van der Waals surface area (Å²) in [5.41, 5.74) is 3.62. The third kappa shape index (κ3) is 6.31. The van der Waals surface area contributed by atoms with E-state index < -0.39 is 10.8 Å². The highest BCUT2D eigenvalue weighted by Gasteiger charge is 2.17. The predicted octanol–water partition coefficient (Wildman–Crippen LogP) is 6.12. The SMILES string of the molecule is COc1ccc([N+](=O)[O-])cc1C(=O)N/N=C\c1cc(Br)c(OCc2ccccc2Cl)c(Br)c1. The van der Waals surface area contributed by atoms with Crippen molar-refractivity contribution in [2.24, 2.45) is 5.10 Å². The molecule has 11 heteroatoms. The Balaban J connectivity index is 1.71. The van der Waals surface area contributed by atoms with Crippen LogP contribution >= 0.6 is 43.5 Å². The fraction of sp³-hybridized carbons (Fsp3) is 0.0909. The number of benzene rings is 3. The smallest absolute Gasteiger partial charge is 0.275 e. The van der Waals surface area contributed by atoms with Crippen molar-refractivity contribution in [1.82, 2.24) is 5.43 Å². The average molecular weight is 598 g/mol. The van der Waals surface area contributed by atoms with Crippen molar-refractivity contribution >= 4 is 61.3 Å². The maximum Gasteiger partial charge on any atom is 0.275 e. The first kappa shape index (κ1) is 24.7. The first-order chi connectivity index (χ1) is 15.8. The highest BCUT2D eigenvalue weighted by atomic mass is 79.9. The summed E-state index contributed by atoms with van der Waals surface area (Å²) in [7, 11) is 1.37. The van der Waals surface area contributed by atoms with Gasteiger partial charge in [-0.2, -0.15) is 5.10 Å². The van der Waals surface area contributed by atoms with Gasteiger partial charge < -0.3 is 9.47 Å². The van der Waals surface area contributed by atoms with Crippen LogP contribution in [0.3, 0.4) is 0 Å². The molecule has 1 N–H and O–H groups in total. The highest BCUT2D eigenvalue weighted by molar-refractivity contribution is 9.11. The summed E-state index contributed by atoms with van der Waals surface area (Å²) in [6.45, 7) is 0.283. The summed E-state index contributed by atoms with van der Waals surface area (Å²) in [6.07, 6.45) is 1.43. The number of rotatable bonds is 8. The lowest BCUT2D eigenvalue weighted by molar-refractivity contribution is -0.384. The summed E-state index contributed by atoms with van der Waals surface area (Å²) in [4.78, 5) is 22.8. The molecule has 0 aliphatic carbocycles. The molecule has 3 rings (SSSR count). The number of hydrazone groups is 1. The molecule has 33 heavy (non-hydrogen) atoms. The molecule has 0 spiro atoms. The maximum atomic E-state index is 12.4. The quantitative estimate of drug-likeness (QED) is 0.191. The van der Waals surface area contributed by atoms with E-state index in [0.29, 0.717) is 25.3 Å². The van der Waals surface area contributed by atoms with Gasteiger partial charge in [0.05, 0.1) is 32.8 Å². The van der Waals surface area contributed by atoms with E-state index in [1.165, 1.54) is 25.5 Å². The van der Waals surface area contributed by atoms with Gasteiger partial charge in [-0.3, -0.25) is 14.9 Å². The second-order valence-electron chi connectivity index (χ2n) is 6.53. The van der Waals surface area contributed by atoms with Gasteiger partial charge in [0, 0.05) is 22.7 Å². The third-order valence-corrected chi connectivity index (χ3v) is 5.92. The van der Waals surface area contributed by atoms with E-state index >= 15 is 0 Å². The Morgan fingerprint density at radius 3 is 2.52 bits per heavy atom. The number of methoxy groups -OCH3 is 1. The number of ether oxygens (including phenoxy) is 2. The van der Waals surface area contributed by atoms with Gasteiger partial charge in [-0.25, -0.2) is 5.43 Å². The lowest BCUT2D eigenvalue weighted by atomic mass is 10.1. The standard InChI is InChI=1S/C22H16Br2ClN3O5/c1-32-20-7-6-15(28(30)31)10-16(20)22(29)27-26-11-13-8-17(23)21(18(24)9-13)33-12-14-4-2-3-5-19(14)25/h2-11H,12H2,1H3,(H,27,29)/b26-11-. The molecule has 0 heterocycles. The number of nitro benzene ring substituents is 1. The van der Waals surface area contributed by atoms with Gasteiger partial charge >= 0.3 is 0 Å². The van der Waals surface area contributed by atoms with E-state index in [1.54, 1.807) is 18.2 Å². The van der Waals surface area contributed by atoms with Crippen molar-refractivity contribution in [3.63, 3.8) is 0 Å². The molecule has 0 saturated carbocycles. The van der Waals surface area contributed by atoms with Crippen LogP contribution in [-0.4, -0.2) is 24.2 Å². The van der Waals surface area contributed by atoms with Crippen LogP contribution in [-0.2, 0) is 6.61 Å². The van der Waals surface area contributed by atoms with Gasteiger partial charge in [-0.1, -0.05) is 29.8 Å². The number of hydrogen-bond donors (Lipinski definition) is 1. The number of nitro groups is 1. The molecule has 0 atom stereocenters. The number of nitrogens with zero attached hydrogens (tertiary/aromatic N) is 2. The molecule has 0 aliphatic heterocycles. The molecule has 3 aromatic rings. The number of hydrogen-bond acceptors (Lipinski definition) is 6. The zero-order valence-electron chi connectivity index (χ0n) is 17.1. The van der Waals surface area contributed by atoms with Crippen molar-refractivity contribution in [3.8, 4) is 11.5 Å². The number of non-ortho nitro benzene ring substituents is 1. The van der Waals surface area contributed by atoms with Crippen molar-refractivity contribution in [3.05, 3.63) is 95.4 Å². The Hall–Kier alpha value is -2.95. The summed E-state index contributed by atoms with van der Waals surface area (Å²) in [5.74, 6) is 0.126. The van der Waals surface area contributed by atoms with Gasteiger partial charge in [0.25, 0.3) is 11.6 Å². The second kappa shape index (κ2) is 11.3. The molecule has 170 valence electrons. The normalized spacial score (nSPS) is 10.8. The van der Waals surface area contributed by atoms with Gasteiger partial charge in [0.2, 0.25) is 0 Å². The molecule has 3 aromatic carbocycles. The van der Waals surface area contributed by atoms with Gasteiger partial charge in [0.1, 0.15) is 18.1 Å². The number of amides is 1. The lowest BCUT2D eigenvalue weighted by Gasteiger charge is -2.12. The van der Waals surface area contributed by atoms with Gasteiger partial charge in [0.15, 0.2) is 0 Å². The van der Waals surface area contributed by atoms with Crippen molar-refractivity contribution in [1.29, 1.82) is 0 Å². The van der Waals surface area contributed by atoms with Crippen molar-refractivity contribution in [2.75, 3.05) is 7.11 Å². The van der Waals surface area contributed by atoms with Crippen molar-refractivity contribution < 1.29 is 19.2 Å². The van der Waals surface area contributed by atoms with Crippen LogP contribution < -0.4 is 14.9 Å². The Bertz CT molecular complexity index is 1210. The molecule has 8 nitrogen and oxygen atoms in total. The molecule has 1 amide bonds. The zero-order chi connectivity index (χ0) is 24.0. The molecule has 0 aromatic heterocycles. The Morgan fingerprint density at radius 1 is 1.18 bits per heavy atom. The Morgan fingerprint density at radius 2 is 1.88 bits per heavy atom. The molecule has 0 fully saturated rings. The van der Waals surface area contributed by atoms with Crippen LogP contribution in [0.4, 0.5) is 5.69 Å². The van der Waals surface area contributed by atoms with E-state index in [-0.39, 0.29) is 23.6 Å².